The van der Waals surface area contributed by atoms with E-state index >= 15 is 0 Å². The molecule has 0 heterocycles. The lowest BCUT2D eigenvalue weighted by Gasteiger charge is -2.25. The van der Waals surface area contributed by atoms with Gasteiger partial charge in [-0.15, -0.1) is 0 Å². The van der Waals surface area contributed by atoms with Crippen molar-refractivity contribution in [3.63, 3.8) is 0 Å². The van der Waals surface area contributed by atoms with Crippen molar-refractivity contribution in [1.29, 1.82) is 0 Å². The molecule has 0 saturated carbocycles. The Kier molecular flexibility index (Phi) is 7.63. The maximum absolute atomic E-state index is 12.8. The quantitative estimate of drug-likeness (QED) is 0.535. The molecule has 0 radical (unpaired) electrons. The SMILES string of the molecule is CC1=CC=C(CCOC2=CC=C3C=C(C(=O)NC(Cc4ccccc4)C(=O)O)C=CC3C2)CC1. The van der Waals surface area contributed by atoms with Gasteiger partial charge < -0.3 is 15.2 Å². The van der Waals surface area contributed by atoms with Crippen molar-refractivity contribution in [2.24, 2.45) is 5.92 Å². The van der Waals surface area contributed by atoms with Gasteiger partial charge in [0.2, 0.25) is 0 Å². The summed E-state index contributed by atoms with van der Waals surface area (Å²) in [5, 5.41) is 12.2. The minimum Gasteiger partial charge on any atom is -0.498 e. The van der Waals surface area contributed by atoms with Crippen molar-refractivity contribution in [2.75, 3.05) is 6.61 Å². The molecule has 176 valence electrons. The Hall–Kier alpha value is -3.60. The number of allylic oxidation sites excluding steroid dienone is 9. The lowest BCUT2D eigenvalue weighted by atomic mass is 9.85. The highest BCUT2D eigenvalue weighted by Gasteiger charge is 2.25. The maximum Gasteiger partial charge on any atom is 0.326 e. The summed E-state index contributed by atoms with van der Waals surface area (Å²) in [5.74, 6) is -0.311. The largest absolute Gasteiger partial charge is 0.498 e. The normalized spacial score (nSPS) is 20.0. The summed E-state index contributed by atoms with van der Waals surface area (Å²) >= 11 is 0. The first kappa shape index (κ1) is 23.6. The van der Waals surface area contributed by atoms with Gasteiger partial charge in [0.15, 0.2) is 0 Å². The maximum atomic E-state index is 12.8. The zero-order chi connectivity index (χ0) is 23.9. The van der Waals surface area contributed by atoms with Crippen molar-refractivity contribution in [1.82, 2.24) is 5.32 Å². The van der Waals surface area contributed by atoms with Gasteiger partial charge in [0.25, 0.3) is 5.91 Å². The van der Waals surface area contributed by atoms with Crippen LogP contribution < -0.4 is 5.32 Å². The van der Waals surface area contributed by atoms with Crippen LogP contribution in [0.5, 0.6) is 0 Å². The van der Waals surface area contributed by atoms with E-state index in [1.807, 2.05) is 54.6 Å². The molecule has 2 unspecified atom stereocenters. The van der Waals surface area contributed by atoms with Crippen molar-refractivity contribution in [3.05, 3.63) is 106 Å². The number of carbonyl (C=O) groups excluding carboxylic acids is 1. The number of ether oxygens (including phenoxy) is 1. The summed E-state index contributed by atoms with van der Waals surface area (Å²) in [6, 6.07) is 8.32. The number of hydrogen-bond acceptors (Lipinski definition) is 3. The fourth-order valence-corrected chi connectivity index (χ4v) is 4.34. The number of rotatable bonds is 9. The first-order chi connectivity index (χ1) is 16.5. The Bertz CT molecular complexity index is 1120. The zero-order valence-electron chi connectivity index (χ0n) is 19.5. The molecule has 5 heteroatoms. The van der Waals surface area contributed by atoms with Crippen LogP contribution in [0.4, 0.5) is 0 Å². The molecule has 1 aromatic rings. The van der Waals surface area contributed by atoms with Crippen LogP contribution in [0.2, 0.25) is 0 Å². The third-order valence-corrected chi connectivity index (χ3v) is 6.44. The van der Waals surface area contributed by atoms with E-state index in [-0.39, 0.29) is 18.2 Å². The fraction of sp³-hybridized carbons (Fsp3) is 0.310. The van der Waals surface area contributed by atoms with E-state index in [1.165, 1.54) is 11.1 Å². The van der Waals surface area contributed by atoms with Gasteiger partial charge in [-0.05, 0) is 43.1 Å². The molecule has 3 aliphatic carbocycles. The second-order valence-electron chi connectivity index (χ2n) is 9.06. The van der Waals surface area contributed by atoms with Crippen LogP contribution in [0.15, 0.2) is 101 Å². The number of carboxylic acids is 1. The molecule has 0 saturated heterocycles. The molecule has 34 heavy (non-hydrogen) atoms. The second-order valence-corrected chi connectivity index (χ2v) is 9.06. The smallest absolute Gasteiger partial charge is 0.326 e. The Morgan fingerprint density at radius 1 is 1.12 bits per heavy atom. The predicted octanol–water partition coefficient (Wildman–Crippen LogP) is 5.20. The van der Waals surface area contributed by atoms with E-state index in [0.717, 1.165) is 42.6 Å². The lowest BCUT2D eigenvalue weighted by molar-refractivity contribution is -0.141. The molecule has 0 bridgehead atoms. The van der Waals surface area contributed by atoms with Gasteiger partial charge in [0.05, 0.1) is 12.4 Å². The van der Waals surface area contributed by atoms with Crippen LogP contribution >= 0.6 is 0 Å². The van der Waals surface area contributed by atoms with Gasteiger partial charge in [0.1, 0.15) is 6.04 Å². The zero-order valence-corrected chi connectivity index (χ0v) is 19.5. The van der Waals surface area contributed by atoms with Crippen LogP contribution in [0.3, 0.4) is 0 Å². The summed E-state index contributed by atoms with van der Waals surface area (Å²) < 4.78 is 6.03. The van der Waals surface area contributed by atoms with Gasteiger partial charge in [-0.25, -0.2) is 4.79 Å². The highest BCUT2D eigenvalue weighted by Crippen LogP contribution is 2.32. The van der Waals surface area contributed by atoms with Crippen LogP contribution in [0, 0.1) is 5.92 Å². The van der Waals surface area contributed by atoms with E-state index < -0.39 is 12.0 Å². The van der Waals surface area contributed by atoms with Gasteiger partial charge in [-0.2, -0.15) is 0 Å². The van der Waals surface area contributed by atoms with Crippen molar-refractivity contribution in [2.45, 2.75) is 45.1 Å². The average molecular weight is 458 g/mol. The van der Waals surface area contributed by atoms with Crippen LogP contribution in [0.1, 0.15) is 38.2 Å². The number of nitrogens with one attached hydrogen (secondary N) is 1. The fourth-order valence-electron chi connectivity index (χ4n) is 4.34. The predicted molar refractivity (Wildman–Crippen MR) is 133 cm³/mol. The van der Waals surface area contributed by atoms with E-state index in [1.54, 1.807) is 6.08 Å². The Balaban J connectivity index is 1.33. The van der Waals surface area contributed by atoms with E-state index in [0.29, 0.717) is 12.2 Å². The molecule has 0 spiro atoms. The molecule has 4 rings (SSSR count). The molecule has 1 aromatic carbocycles. The first-order valence-corrected chi connectivity index (χ1v) is 11.8. The number of benzene rings is 1. The van der Waals surface area contributed by atoms with E-state index in [2.05, 4.69) is 24.4 Å². The summed E-state index contributed by atoms with van der Waals surface area (Å²) in [4.78, 5) is 24.5. The molecule has 3 aliphatic rings. The van der Waals surface area contributed by atoms with E-state index in [4.69, 9.17) is 4.74 Å². The van der Waals surface area contributed by atoms with Crippen LogP contribution in [-0.2, 0) is 20.7 Å². The number of aliphatic carboxylic acids is 1. The van der Waals surface area contributed by atoms with Gasteiger partial charge in [-0.1, -0.05) is 71.9 Å². The Morgan fingerprint density at radius 3 is 2.68 bits per heavy atom. The second kappa shape index (κ2) is 11.0. The molecule has 0 fully saturated rings. The van der Waals surface area contributed by atoms with Crippen molar-refractivity contribution >= 4 is 11.9 Å². The highest BCUT2D eigenvalue weighted by molar-refractivity contribution is 5.99. The Morgan fingerprint density at radius 2 is 1.94 bits per heavy atom. The summed E-state index contributed by atoms with van der Waals surface area (Å²) in [7, 11) is 0. The van der Waals surface area contributed by atoms with Gasteiger partial charge >= 0.3 is 5.97 Å². The Labute approximate surface area is 200 Å². The standard InChI is InChI=1S/C29H31NO4/c1-20-7-9-21(10-8-20)15-16-34-26-14-13-23-18-25(12-11-24(23)19-26)28(31)30-27(29(32)33)17-22-5-3-2-4-6-22/h2-7,9,11-14,18,24,27H,8,10,15-17,19H2,1H3,(H,30,31)(H,32,33). The minimum absolute atomic E-state index is 0.163. The highest BCUT2D eigenvalue weighted by atomic mass is 16.5. The van der Waals surface area contributed by atoms with Crippen molar-refractivity contribution in [3.8, 4) is 0 Å². The van der Waals surface area contributed by atoms with E-state index in [9.17, 15) is 14.7 Å². The molecule has 1 amide bonds. The lowest BCUT2D eigenvalue weighted by Crippen LogP contribution is -2.43. The van der Waals surface area contributed by atoms with Crippen LogP contribution in [0.25, 0.3) is 0 Å². The van der Waals surface area contributed by atoms with Gasteiger partial charge in [-0.3, -0.25) is 4.79 Å². The van der Waals surface area contributed by atoms with Crippen LogP contribution in [-0.4, -0.2) is 29.6 Å². The molecule has 2 N–H and O–H groups in total. The van der Waals surface area contributed by atoms with Gasteiger partial charge in [0, 0.05) is 30.8 Å². The molecule has 0 aromatic heterocycles. The van der Waals surface area contributed by atoms with Crippen molar-refractivity contribution < 1.29 is 19.4 Å². The topological polar surface area (TPSA) is 75.6 Å². The third-order valence-electron chi connectivity index (χ3n) is 6.44. The molecular formula is C29H31NO4. The number of carbonyl (C=O) groups is 2. The number of hydrogen-bond donors (Lipinski definition) is 2. The molecule has 5 nitrogen and oxygen atoms in total. The molecular weight excluding hydrogens is 426 g/mol. The number of fused-ring (bicyclic) bond motifs is 1. The molecule has 2 atom stereocenters. The summed E-state index contributed by atoms with van der Waals surface area (Å²) in [5.41, 5.74) is 5.22. The average Bonchev–Trinajstić information content (AvgIpc) is 2.85. The number of carboxylic acid groups (broad SMARTS) is 1. The summed E-state index contributed by atoms with van der Waals surface area (Å²) in [6.45, 7) is 2.84. The minimum atomic E-state index is -1.05. The monoisotopic (exact) mass is 457 g/mol. The number of amides is 1. The summed E-state index contributed by atoms with van der Waals surface area (Å²) in [6.07, 6.45) is 18.2. The first-order valence-electron chi connectivity index (χ1n) is 11.8. The third kappa shape index (κ3) is 6.25. The molecule has 0 aliphatic heterocycles.